The zero-order valence-electron chi connectivity index (χ0n) is 28.0. The lowest BCUT2D eigenvalue weighted by Crippen LogP contribution is -2.43. The number of aliphatic hydroxyl groups excluding tert-OH is 3. The number of β-amino-alcohol motifs (C(OH)–C–C–N with tert-alkyl or cyclic N) is 1. The van der Waals surface area contributed by atoms with Crippen molar-refractivity contribution in [3.63, 3.8) is 0 Å². The van der Waals surface area contributed by atoms with Gasteiger partial charge < -0.3 is 30.1 Å². The van der Waals surface area contributed by atoms with Crippen LogP contribution in [0.25, 0.3) is 0 Å². The fourth-order valence-electron chi connectivity index (χ4n) is 5.63. The monoisotopic (exact) mass is 623 g/mol. The summed E-state index contributed by atoms with van der Waals surface area (Å²) in [6, 6.07) is 0. The number of ether oxygens (including phenoxy) is 2. The molecule has 1 amide bonds. The van der Waals surface area contributed by atoms with Crippen LogP contribution in [0.1, 0.15) is 118 Å². The van der Waals surface area contributed by atoms with Gasteiger partial charge in [0.25, 0.3) is 5.91 Å². The van der Waals surface area contributed by atoms with Crippen molar-refractivity contribution in [1.82, 2.24) is 5.32 Å². The molecule has 0 aromatic rings. The average Bonchev–Trinajstić information content (AvgIpc) is 2.98. The van der Waals surface area contributed by atoms with Crippen molar-refractivity contribution in [2.24, 2.45) is 17.8 Å². The van der Waals surface area contributed by atoms with Gasteiger partial charge >= 0.3 is 5.97 Å². The number of methoxy groups -OCH3 is 1. The van der Waals surface area contributed by atoms with Crippen LogP contribution in [0.5, 0.6) is 0 Å². The number of ketones is 1. The van der Waals surface area contributed by atoms with Crippen LogP contribution in [0, 0.1) is 17.8 Å². The van der Waals surface area contributed by atoms with Crippen LogP contribution >= 0.6 is 0 Å². The Morgan fingerprint density at radius 1 is 0.932 bits per heavy atom. The minimum Gasteiger partial charge on any atom is -0.452 e. The zero-order chi connectivity index (χ0) is 32.9. The van der Waals surface area contributed by atoms with Crippen LogP contribution in [0.2, 0.25) is 0 Å². The van der Waals surface area contributed by atoms with E-state index in [4.69, 9.17) is 9.47 Å². The molecule has 1 heterocycles. The van der Waals surface area contributed by atoms with Crippen LogP contribution in [0.4, 0.5) is 0 Å². The number of Topliss-reactive ketones (excluding diaryl/α,β-unsaturated/α-hetero) is 1. The summed E-state index contributed by atoms with van der Waals surface area (Å²) in [5, 5.41) is 34.1. The van der Waals surface area contributed by atoms with Gasteiger partial charge in [-0.05, 0) is 68.8 Å². The van der Waals surface area contributed by atoms with Gasteiger partial charge in [-0.3, -0.25) is 14.4 Å². The highest BCUT2D eigenvalue weighted by atomic mass is 16.5. The lowest BCUT2D eigenvalue weighted by molar-refractivity contribution is -0.160. The first kappa shape index (κ1) is 40.0. The standard InChI is InChI=1S/C35H61NO8/c1-6-12-33-34(41)36-23-30(38)22-32(40)31(39)20-19-28(24-43-5)16-10-14-27(7-2)15-11-18-29(37)17-9-8-13-25(3)21-26(4)35(42)44-33/h10,14,16,25-27,30-33,38-40H,6-9,11-13,15,17-24H2,1-5H3,(H,36,41)/b14-10-,28-16-/t25-,26+,27+,30+,31-,32+,33+/m1/s1. The summed E-state index contributed by atoms with van der Waals surface area (Å²) in [5.41, 5.74) is 0.973. The molecule has 0 saturated carbocycles. The molecule has 0 saturated heterocycles. The van der Waals surface area contributed by atoms with Gasteiger partial charge in [-0.1, -0.05) is 65.2 Å². The first-order valence-corrected chi connectivity index (χ1v) is 16.9. The molecule has 0 unspecified atom stereocenters. The molecule has 0 radical (unpaired) electrons. The van der Waals surface area contributed by atoms with Gasteiger partial charge in [0.05, 0.1) is 30.8 Å². The van der Waals surface area contributed by atoms with E-state index in [1.165, 1.54) is 0 Å². The largest absolute Gasteiger partial charge is 0.452 e. The Hall–Kier alpha value is -2.07. The molecule has 1 aliphatic rings. The molecule has 0 fully saturated rings. The predicted molar refractivity (Wildman–Crippen MR) is 173 cm³/mol. The molecule has 1 aliphatic heterocycles. The van der Waals surface area contributed by atoms with E-state index in [0.717, 1.165) is 44.1 Å². The maximum absolute atomic E-state index is 12.8. The molecule has 254 valence electrons. The molecule has 7 atom stereocenters. The second-order valence-corrected chi connectivity index (χ2v) is 12.8. The van der Waals surface area contributed by atoms with E-state index in [9.17, 15) is 29.7 Å². The smallest absolute Gasteiger partial charge is 0.309 e. The van der Waals surface area contributed by atoms with E-state index in [0.29, 0.717) is 56.8 Å². The van der Waals surface area contributed by atoms with Gasteiger partial charge in [0, 0.05) is 32.9 Å². The summed E-state index contributed by atoms with van der Waals surface area (Å²) in [4.78, 5) is 38.1. The summed E-state index contributed by atoms with van der Waals surface area (Å²) >= 11 is 0. The first-order chi connectivity index (χ1) is 21.0. The van der Waals surface area contributed by atoms with Crippen LogP contribution in [0.3, 0.4) is 0 Å². The quantitative estimate of drug-likeness (QED) is 0.306. The Balaban J connectivity index is 2.96. The molecule has 1 rings (SSSR count). The number of carbonyl (C=O) groups excluding carboxylic acids is 3. The fourth-order valence-corrected chi connectivity index (χ4v) is 5.63. The number of nitrogens with one attached hydrogen (secondary N) is 1. The number of cyclic esters (lactones) is 1. The van der Waals surface area contributed by atoms with Gasteiger partial charge in [0.15, 0.2) is 6.10 Å². The molecule has 0 spiro atoms. The highest BCUT2D eigenvalue weighted by Crippen LogP contribution is 2.22. The number of esters is 1. The maximum atomic E-state index is 12.8. The van der Waals surface area contributed by atoms with Crippen molar-refractivity contribution in [2.45, 2.75) is 142 Å². The third kappa shape index (κ3) is 17.4. The summed E-state index contributed by atoms with van der Waals surface area (Å²) in [6.07, 6.45) is 10.9. The van der Waals surface area contributed by atoms with Crippen molar-refractivity contribution in [2.75, 3.05) is 20.3 Å². The highest BCUT2D eigenvalue weighted by Gasteiger charge is 2.27. The van der Waals surface area contributed by atoms with Crippen LogP contribution < -0.4 is 5.32 Å². The van der Waals surface area contributed by atoms with Gasteiger partial charge in [0.2, 0.25) is 0 Å². The summed E-state index contributed by atoms with van der Waals surface area (Å²) in [6.45, 7) is 8.21. The van der Waals surface area contributed by atoms with E-state index >= 15 is 0 Å². The van der Waals surface area contributed by atoms with E-state index in [2.05, 4.69) is 25.2 Å². The fraction of sp³-hybridized carbons (Fsp3) is 0.800. The normalized spacial score (nSPS) is 32.8. The summed E-state index contributed by atoms with van der Waals surface area (Å²) in [7, 11) is 1.61. The van der Waals surface area contributed by atoms with E-state index in [1.54, 1.807) is 7.11 Å². The Bertz CT molecular complexity index is 888. The number of amides is 1. The molecule has 0 aromatic carbocycles. The number of rotatable bonds is 5. The first-order valence-electron chi connectivity index (χ1n) is 16.9. The van der Waals surface area contributed by atoms with E-state index in [-0.39, 0.29) is 31.2 Å². The minimum atomic E-state index is -1.17. The van der Waals surface area contributed by atoms with Crippen molar-refractivity contribution in [3.05, 3.63) is 23.8 Å². The van der Waals surface area contributed by atoms with Gasteiger partial charge in [0.1, 0.15) is 5.78 Å². The van der Waals surface area contributed by atoms with Crippen LogP contribution in [-0.2, 0) is 23.9 Å². The molecule has 44 heavy (non-hydrogen) atoms. The highest BCUT2D eigenvalue weighted by molar-refractivity contribution is 5.84. The zero-order valence-corrected chi connectivity index (χ0v) is 28.0. The number of hydrogen-bond donors (Lipinski definition) is 4. The molecule has 0 bridgehead atoms. The topological polar surface area (TPSA) is 142 Å². The second kappa shape index (κ2) is 23.3. The Kier molecular flexibility index (Phi) is 21.2. The Labute approximate surface area is 265 Å². The Morgan fingerprint density at radius 3 is 2.34 bits per heavy atom. The van der Waals surface area contributed by atoms with Crippen molar-refractivity contribution in [3.8, 4) is 0 Å². The molecular weight excluding hydrogens is 562 g/mol. The second-order valence-electron chi connectivity index (χ2n) is 12.8. The SMILES string of the molecule is CCC[C@@H]1OC(=O)[C@@H](C)C[C@H](C)CCCCC(=O)CCC[C@@H](CC)/C=C\C=C(/COC)CC[C@@H](O)[C@@H](O)C[C@H](O)CNC1=O. The van der Waals surface area contributed by atoms with Crippen LogP contribution in [-0.4, -0.2) is 77.7 Å². The molecule has 4 N–H and O–H groups in total. The van der Waals surface area contributed by atoms with Crippen molar-refractivity contribution < 1.29 is 39.2 Å². The van der Waals surface area contributed by atoms with Gasteiger partial charge in [-0.25, -0.2) is 0 Å². The Morgan fingerprint density at radius 2 is 1.66 bits per heavy atom. The molecular formula is C35H61NO8. The molecule has 0 aromatic heterocycles. The van der Waals surface area contributed by atoms with E-state index < -0.39 is 36.3 Å². The summed E-state index contributed by atoms with van der Waals surface area (Å²) in [5.74, 6) is -0.318. The lowest BCUT2D eigenvalue weighted by Gasteiger charge is -2.23. The van der Waals surface area contributed by atoms with Crippen LogP contribution in [0.15, 0.2) is 23.8 Å². The van der Waals surface area contributed by atoms with Crippen molar-refractivity contribution >= 4 is 17.7 Å². The molecule has 9 nitrogen and oxygen atoms in total. The van der Waals surface area contributed by atoms with Gasteiger partial charge in [-0.2, -0.15) is 0 Å². The number of hydrogen-bond acceptors (Lipinski definition) is 8. The average molecular weight is 624 g/mol. The molecule has 9 heteroatoms. The van der Waals surface area contributed by atoms with E-state index in [1.807, 2.05) is 26.0 Å². The van der Waals surface area contributed by atoms with Crippen molar-refractivity contribution in [1.29, 1.82) is 0 Å². The maximum Gasteiger partial charge on any atom is 0.309 e. The summed E-state index contributed by atoms with van der Waals surface area (Å²) < 4.78 is 10.9. The predicted octanol–water partition coefficient (Wildman–Crippen LogP) is 5.20. The third-order valence-electron chi connectivity index (χ3n) is 8.49. The molecule has 0 aliphatic carbocycles. The number of carbonyl (C=O) groups is 3. The number of allylic oxidation sites excluding steroid dienone is 3. The minimum absolute atomic E-state index is 0.113. The lowest BCUT2D eigenvalue weighted by atomic mass is 9.92. The number of aliphatic hydroxyl groups is 3. The third-order valence-corrected chi connectivity index (χ3v) is 8.49. The van der Waals surface area contributed by atoms with Gasteiger partial charge in [-0.15, -0.1) is 0 Å².